The fraction of sp³-hybridized carbons (Fsp3) is 0.333. The van der Waals surface area contributed by atoms with Gasteiger partial charge in [0.05, 0.1) is 11.3 Å². The Morgan fingerprint density at radius 2 is 2.09 bits per heavy atom. The highest BCUT2D eigenvalue weighted by Gasteiger charge is 2.28. The number of amides is 1. The molecule has 3 rings (SSSR count). The second-order valence-electron chi connectivity index (χ2n) is 5.77. The molecule has 0 saturated heterocycles. The van der Waals surface area contributed by atoms with E-state index in [1.54, 1.807) is 6.92 Å². The number of aryl methyl sites for hydroxylation is 3. The van der Waals surface area contributed by atoms with Crippen LogP contribution < -0.4 is 4.90 Å². The fourth-order valence-electron chi connectivity index (χ4n) is 3.07. The van der Waals surface area contributed by atoms with Crippen LogP contribution in [-0.4, -0.2) is 12.5 Å². The standard InChI is InChI=1S/C18H18N2O2/c1-11-6-7-14-5-4-8-20(17(14)12(11)2)18(21)16-9-15(10-19)22-13(16)3/h6-7,9H,4-5,8H2,1-3H3. The first kappa shape index (κ1) is 14.4. The van der Waals surface area contributed by atoms with E-state index in [1.807, 2.05) is 11.0 Å². The molecule has 0 unspecified atom stereocenters. The van der Waals surface area contributed by atoms with Crippen LogP contribution in [0, 0.1) is 32.1 Å². The van der Waals surface area contributed by atoms with Gasteiger partial charge in [0.15, 0.2) is 0 Å². The molecule has 1 aliphatic heterocycles. The van der Waals surface area contributed by atoms with Crippen molar-refractivity contribution in [3.8, 4) is 6.07 Å². The largest absolute Gasteiger partial charge is 0.450 e. The number of fused-ring (bicyclic) bond motifs is 1. The minimum absolute atomic E-state index is 0.0857. The molecule has 0 bridgehead atoms. The molecule has 0 atom stereocenters. The van der Waals surface area contributed by atoms with Gasteiger partial charge in [0, 0.05) is 12.6 Å². The van der Waals surface area contributed by atoms with E-state index < -0.39 is 0 Å². The first-order valence-electron chi connectivity index (χ1n) is 7.44. The Hall–Kier alpha value is -2.54. The lowest BCUT2D eigenvalue weighted by Gasteiger charge is -2.31. The zero-order chi connectivity index (χ0) is 15.9. The lowest BCUT2D eigenvalue weighted by molar-refractivity contribution is 0.0983. The molecule has 2 heterocycles. The fourth-order valence-corrected chi connectivity index (χ4v) is 3.07. The van der Waals surface area contributed by atoms with Crippen molar-refractivity contribution in [2.24, 2.45) is 0 Å². The van der Waals surface area contributed by atoms with E-state index >= 15 is 0 Å². The molecular weight excluding hydrogens is 276 g/mol. The van der Waals surface area contributed by atoms with Gasteiger partial charge in [-0.05, 0) is 50.3 Å². The van der Waals surface area contributed by atoms with Crippen LogP contribution in [-0.2, 0) is 6.42 Å². The number of benzene rings is 1. The Bertz CT molecular complexity index is 796. The smallest absolute Gasteiger partial charge is 0.261 e. The molecule has 0 aliphatic carbocycles. The molecule has 0 N–H and O–H groups in total. The van der Waals surface area contributed by atoms with Gasteiger partial charge in [-0.1, -0.05) is 12.1 Å². The third-order valence-electron chi connectivity index (χ3n) is 4.39. The predicted octanol–water partition coefficient (Wildman–Crippen LogP) is 3.67. The van der Waals surface area contributed by atoms with Crippen LogP contribution in [0.15, 0.2) is 22.6 Å². The van der Waals surface area contributed by atoms with Gasteiger partial charge in [0.2, 0.25) is 5.76 Å². The van der Waals surface area contributed by atoms with Gasteiger partial charge >= 0.3 is 0 Å². The molecule has 2 aromatic rings. The summed E-state index contributed by atoms with van der Waals surface area (Å²) >= 11 is 0. The summed E-state index contributed by atoms with van der Waals surface area (Å²) < 4.78 is 5.31. The monoisotopic (exact) mass is 294 g/mol. The highest BCUT2D eigenvalue weighted by atomic mass is 16.3. The number of carbonyl (C=O) groups is 1. The van der Waals surface area contributed by atoms with Gasteiger partial charge < -0.3 is 9.32 Å². The average Bonchev–Trinajstić information content (AvgIpc) is 2.91. The summed E-state index contributed by atoms with van der Waals surface area (Å²) in [5.41, 5.74) is 5.04. The van der Waals surface area contributed by atoms with E-state index in [0.29, 0.717) is 17.9 Å². The van der Waals surface area contributed by atoms with Crippen molar-refractivity contribution in [3.63, 3.8) is 0 Å². The molecule has 22 heavy (non-hydrogen) atoms. The lowest BCUT2D eigenvalue weighted by Crippen LogP contribution is -2.36. The lowest BCUT2D eigenvalue weighted by atomic mass is 9.94. The minimum atomic E-state index is -0.0857. The Labute approximate surface area is 130 Å². The number of rotatable bonds is 1. The second-order valence-corrected chi connectivity index (χ2v) is 5.77. The Morgan fingerprint density at radius 1 is 1.32 bits per heavy atom. The molecule has 0 spiro atoms. The molecule has 1 aromatic carbocycles. The summed E-state index contributed by atoms with van der Waals surface area (Å²) in [4.78, 5) is 14.8. The summed E-state index contributed by atoms with van der Waals surface area (Å²) in [6, 6.07) is 7.71. The Kier molecular flexibility index (Phi) is 3.50. The van der Waals surface area contributed by atoms with Gasteiger partial charge in [-0.25, -0.2) is 0 Å². The van der Waals surface area contributed by atoms with E-state index in [1.165, 1.54) is 17.2 Å². The number of furan rings is 1. The summed E-state index contributed by atoms with van der Waals surface area (Å²) in [7, 11) is 0. The summed E-state index contributed by atoms with van der Waals surface area (Å²) in [5, 5.41) is 8.94. The summed E-state index contributed by atoms with van der Waals surface area (Å²) in [5.74, 6) is 0.593. The number of nitriles is 1. The maximum Gasteiger partial charge on any atom is 0.261 e. The highest BCUT2D eigenvalue weighted by Crippen LogP contribution is 2.34. The average molecular weight is 294 g/mol. The van der Waals surface area contributed by atoms with Crippen molar-refractivity contribution in [3.05, 3.63) is 52.0 Å². The van der Waals surface area contributed by atoms with Crippen molar-refractivity contribution >= 4 is 11.6 Å². The first-order chi connectivity index (χ1) is 10.5. The van der Waals surface area contributed by atoms with Crippen LogP contribution in [0.2, 0.25) is 0 Å². The Morgan fingerprint density at radius 3 is 2.77 bits per heavy atom. The zero-order valence-corrected chi connectivity index (χ0v) is 13.1. The molecule has 0 radical (unpaired) electrons. The van der Waals surface area contributed by atoms with Crippen LogP contribution in [0.4, 0.5) is 5.69 Å². The van der Waals surface area contributed by atoms with Gasteiger partial charge in [-0.15, -0.1) is 0 Å². The van der Waals surface area contributed by atoms with E-state index in [0.717, 1.165) is 24.1 Å². The van der Waals surface area contributed by atoms with Gasteiger partial charge in [0.1, 0.15) is 11.8 Å². The third-order valence-corrected chi connectivity index (χ3v) is 4.39. The SMILES string of the molecule is Cc1ccc2c(c1C)N(C(=O)c1cc(C#N)oc1C)CCC2. The Balaban J connectivity index is 2.07. The van der Waals surface area contributed by atoms with Crippen molar-refractivity contribution in [2.45, 2.75) is 33.6 Å². The molecule has 1 aliphatic rings. The van der Waals surface area contributed by atoms with Crippen molar-refractivity contribution < 1.29 is 9.21 Å². The molecule has 1 amide bonds. The van der Waals surface area contributed by atoms with Crippen molar-refractivity contribution in [1.82, 2.24) is 0 Å². The van der Waals surface area contributed by atoms with Gasteiger partial charge in [0.25, 0.3) is 5.91 Å². The normalized spacial score (nSPS) is 13.6. The van der Waals surface area contributed by atoms with E-state index in [4.69, 9.17) is 9.68 Å². The van der Waals surface area contributed by atoms with Gasteiger partial charge in [-0.3, -0.25) is 4.79 Å². The molecular formula is C18H18N2O2. The van der Waals surface area contributed by atoms with Crippen molar-refractivity contribution in [1.29, 1.82) is 5.26 Å². The molecule has 1 aromatic heterocycles. The van der Waals surface area contributed by atoms with Crippen molar-refractivity contribution in [2.75, 3.05) is 11.4 Å². The maximum absolute atomic E-state index is 12.9. The van der Waals surface area contributed by atoms with E-state index in [-0.39, 0.29) is 11.7 Å². The van der Waals surface area contributed by atoms with Crippen LogP contribution in [0.25, 0.3) is 0 Å². The number of nitrogens with zero attached hydrogens (tertiary/aromatic N) is 2. The molecule has 0 fully saturated rings. The highest BCUT2D eigenvalue weighted by molar-refractivity contribution is 6.08. The van der Waals surface area contributed by atoms with Crippen LogP contribution >= 0.6 is 0 Å². The maximum atomic E-state index is 12.9. The third kappa shape index (κ3) is 2.19. The minimum Gasteiger partial charge on any atom is -0.450 e. The van der Waals surface area contributed by atoms with Crippen LogP contribution in [0.5, 0.6) is 0 Å². The van der Waals surface area contributed by atoms with Crippen LogP contribution in [0.1, 0.15) is 45.0 Å². The molecule has 4 heteroatoms. The quantitative estimate of drug-likeness (QED) is 0.806. The number of hydrogen-bond donors (Lipinski definition) is 0. The van der Waals surface area contributed by atoms with E-state index in [9.17, 15) is 4.79 Å². The summed E-state index contributed by atoms with van der Waals surface area (Å²) in [6.45, 7) is 6.54. The number of hydrogen-bond acceptors (Lipinski definition) is 3. The molecule has 112 valence electrons. The number of carbonyl (C=O) groups excluding carboxylic acids is 1. The zero-order valence-electron chi connectivity index (χ0n) is 13.1. The summed E-state index contributed by atoms with van der Waals surface area (Å²) in [6.07, 6.45) is 1.94. The predicted molar refractivity (Wildman–Crippen MR) is 84.1 cm³/mol. The molecule has 4 nitrogen and oxygen atoms in total. The van der Waals surface area contributed by atoms with E-state index in [2.05, 4.69) is 26.0 Å². The second kappa shape index (κ2) is 5.34. The first-order valence-corrected chi connectivity index (χ1v) is 7.44. The molecule has 0 saturated carbocycles. The number of anilines is 1. The van der Waals surface area contributed by atoms with Crippen LogP contribution in [0.3, 0.4) is 0 Å². The topological polar surface area (TPSA) is 57.2 Å². The van der Waals surface area contributed by atoms with Gasteiger partial charge in [-0.2, -0.15) is 5.26 Å².